The Morgan fingerprint density at radius 1 is 0.404 bits per heavy atom. The van der Waals surface area contributed by atoms with E-state index in [2.05, 4.69) is 168 Å². The summed E-state index contributed by atoms with van der Waals surface area (Å²) in [7, 11) is 0. The van der Waals surface area contributed by atoms with Crippen molar-refractivity contribution in [2.45, 2.75) is 55.4 Å². The molecule has 0 radical (unpaired) electrons. The van der Waals surface area contributed by atoms with Gasteiger partial charge in [-0.3, -0.25) is 0 Å². The van der Waals surface area contributed by atoms with Crippen LogP contribution in [0.2, 0.25) is 0 Å². The first kappa shape index (κ1) is 29.4. The first-order chi connectivity index (χ1) is 22.6. The van der Waals surface area contributed by atoms with Crippen molar-refractivity contribution in [2.24, 2.45) is 0 Å². The van der Waals surface area contributed by atoms with Crippen molar-refractivity contribution in [3.63, 3.8) is 0 Å². The highest BCUT2D eigenvalue weighted by molar-refractivity contribution is 7.00. The molecule has 0 aliphatic carbocycles. The zero-order valence-corrected chi connectivity index (χ0v) is 28.8. The Bertz CT molecular complexity index is 2200. The molecule has 0 atom stereocenters. The molecule has 2 heterocycles. The van der Waals surface area contributed by atoms with Gasteiger partial charge in [-0.25, -0.2) is 0 Å². The summed E-state index contributed by atoms with van der Waals surface area (Å²) >= 11 is 0. The van der Waals surface area contributed by atoms with E-state index < -0.39 is 0 Å². The van der Waals surface area contributed by atoms with Gasteiger partial charge in [-0.05, 0) is 170 Å². The molecule has 0 N–H and O–H groups in total. The van der Waals surface area contributed by atoms with E-state index in [9.17, 15) is 0 Å². The number of anilines is 6. The zero-order valence-electron chi connectivity index (χ0n) is 28.8. The number of para-hydroxylation sites is 1. The van der Waals surface area contributed by atoms with Gasteiger partial charge < -0.3 is 9.80 Å². The standard InChI is InChI=1S/C44H41BN2/c1-26-16-27(2)20-35(19-26)46-38-15-10-9-14-37(38)45-43-33(8)18-30(5)23-39(43)47(36-21-28(3)17-29(4)22-36)41-25-34(24-40(46)44(41)45)42-31(6)12-11-13-32(42)7/h9-25H,1-8H3. The number of hydrogen-bond acceptors (Lipinski definition) is 2. The van der Waals surface area contributed by atoms with Gasteiger partial charge in [-0.1, -0.05) is 60.2 Å². The van der Waals surface area contributed by atoms with E-state index in [4.69, 9.17) is 0 Å². The van der Waals surface area contributed by atoms with Crippen LogP contribution in [0.25, 0.3) is 11.1 Å². The molecular formula is C44H41BN2. The fraction of sp³-hybridized carbons (Fsp3) is 0.182. The Morgan fingerprint density at radius 2 is 0.894 bits per heavy atom. The smallest absolute Gasteiger partial charge is 0.252 e. The lowest BCUT2D eigenvalue weighted by atomic mass is 9.32. The summed E-state index contributed by atoms with van der Waals surface area (Å²) in [6.45, 7) is 18.0. The van der Waals surface area contributed by atoms with Crippen LogP contribution in [0.1, 0.15) is 44.5 Å². The van der Waals surface area contributed by atoms with Gasteiger partial charge in [0, 0.05) is 34.1 Å². The molecule has 6 aromatic carbocycles. The second-order valence-corrected chi connectivity index (χ2v) is 14.1. The van der Waals surface area contributed by atoms with Crippen LogP contribution in [-0.2, 0) is 0 Å². The van der Waals surface area contributed by atoms with Crippen LogP contribution in [0.3, 0.4) is 0 Å². The molecule has 0 amide bonds. The molecule has 47 heavy (non-hydrogen) atoms. The molecule has 0 bridgehead atoms. The third kappa shape index (κ3) is 4.63. The van der Waals surface area contributed by atoms with Gasteiger partial charge in [0.05, 0.1) is 0 Å². The van der Waals surface area contributed by atoms with Crippen molar-refractivity contribution in [3.05, 3.63) is 148 Å². The van der Waals surface area contributed by atoms with Crippen molar-refractivity contribution in [2.75, 3.05) is 9.80 Å². The van der Waals surface area contributed by atoms with Crippen molar-refractivity contribution < 1.29 is 0 Å². The van der Waals surface area contributed by atoms with Crippen molar-refractivity contribution in [3.8, 4) is 11.1 Å². The molecule has 6 aromatic rings. The second-order valence-electron chi connectivity index (χ2n) is 14.1. The summed E-state index contributed by atoms with van der Waals surface area (Å²) in [5.41, 5.74) is 24.5. The molecule has 2 nitrogen and oxygen atoms in total. The number of nitrogens with zero attached hydrogens (tertiary/aromatic N) is 2. The van der Waals surface area contributed by atoms with E-state index in [-0.39, 0.29) is 6.71 Å². The molecule has 2 aliphatic heterocycles. The lowest BCUT2D eigenvalue weighted by Gasteiger charge is -2.45. The molecule has 0 spiro atoms. The molecule has 0 saturated heterocycles. The van der Waals surface area contributed by atoms with Crippen LogP contribution >= 0.6 is 0 Å². The minimum Gasteiger partial charge on any atom is -0.311 e. The Balaban J connectivity index is 1.56. The van der Waals surface area contributed by atoms with Gasteiger partial charge in [-0.15, -0.1) is 0 Å². The van der Waals surface area contributed by atoms with Gasteiger partial charge in [-0.2, -0.15) is 0 Å². The SMILES string of the molecule is Cc1cc(C)cc(N2c3ccccc3B3c4c(C)cc(C)cc4N(c4cc(C)cc(C)c4)c4cc(-c5c(C)cccc5C)cc2c43)c1. The quantitative estimate of drug-likeness (QED) is 0.184. The van der Waals surface area contributed by atoms with Crippen LogP contribution in [0, 0.1) is 55.4 Å². The summed E-state index contributed by atoms with van der Waals surface area (Å²) in [6.07, 6.45) is 0. The maximum atomic E-state index is 2.56. The van der Waals surface area contributed by atoms with E-state index in [1.165, 1.54) is 106 Å². The summed E-state index contributed by atoms with van der Waals surface area (Å²) in [4.78, 5) is 5.10. The minimum atomic E-state index is 0.114. The lowest BCUT2D eigenvalue weighted by Crippen LogP contribution is -2.62. The number of fused-ring (bicyclic) bond motifs is 4. The molecule has 3 heteroatoms. The number of benzene rings is 6. The highest BCUT2D eigenvalue weighted by Gasteiger charge is 2.44. The Morgan fingerprint density at radius 3 is 1.47 bits per heavy atom. The van der Waals surface area contributed by atoms with E-state index in [1.807, 2.05) is 0 Å². The number of hydrogen-bond donors (Lipinski definition) is 0. The highest BCUT2D eigenvalue weighted by Crippen LogP contribution is 2.47. The third-order valence-electron chi connectivity index (χ3n) is 10.1. The largest absolute Gasteiger partial charge is 0.311 e. The lowest BCUT2D eigenvalue weighted by molar-refractivity contribution is 1.22. The molecular weight excluding hydrogens is 567 g/mol. The molecule has 0 fully saturated rings. The maximum absolute atomic E-state index is 2.56. The predicted octanol–water partition coefficient (Wildman–Crippen LogP) is 9.90. The van der Waals surface area contributed by atoms with Crippen LogP contribution < -0.4 is 26.2 Å². The summed E-state index contributed by atoms with van der Waals surface area (Å²) in [5, 5.41) is 0. The van der Waals surface area contributed by atoms with Gasteiger partial charge in [0.1, 0.15) is 0 Å². The van der Waals surface area contributed by atoms with Crippen molar-refractivity contribution in [1.82, 2.24) is 0 Å². The summed E-state index contributed by atoms with van der Waals surface area (Å²) in [5.74, 6) is 0. The topological polar surface area (TPSA) is 6.48 Å². The molecule has 0 saturated carbocycles. The van der Waals surface area contributed by atoms with Gasteiger partial charge in [0.2, 0.25) is 0 Å². The van der Waals surface area contributed by atoms with Crippen LogP contribution in [0.5, 0.6) is 0 Å². The molecule has 8 rings (SSSR count). The monoisotopic (exact) mass is 608 g/mol. The minimum absolute atomic E-state index is 0.114. The molecule has 0 unspecified atom stereocenters. The van der Waals surface area contributed by atoms with Crippen LogP contribution in [0.4, 0.5) is 34.1 Å². The van der Waals surface area contributed by atoms with E-state index in [1.54, 1.807) is 0 Å². The molecule has 2 aliphatic rings. The average Bonchev–Trinajstić information content (AvgIpc) is 2.99. The molecule has 230 valence electrons. The Labute approximate surface area is 280 Å². The summed E-state index contributed by atoms with van der Waals surface area (Å²) < 4.78 is 0. The first-order valence-corrected chi connectivity index (χ1v) is 16.8. The Kier molecular flexibility index (Phi) is 6.74. The first-order valence-electron chi connectivity index (χ1n) is 16.8. The highest BCUT2D eigenvalue weighted by atomic mass is 15.2. The van der Waals surface area contributed by atoms with E-state index >= 15 is 0 Å². The van der Waals surface area contributed by atoms with Gasteiger partial charge in [0.15, 0.2) is 0 Å². The summed E-state index contributed by atoms with van der Waals surface area (Å²) in [6, 6.07) is 39.4. The van der Waals surface area contributed by atoms with Gasteiger partial charge in [0.25, 0.3) is 6.71 Å². The second kappa shape index (κ2) is 10.8. The number of rotatable bonds is 3. The third-order valence-corrected chi connectivity index (χ3v) is 10.1. The maximum Gasteiger partial charge on any atom is 0.252 e. The van der Waals surface area contributed by atoms with Crippen LogP contribution in [-0.4, -0.2) is 6.71 Å². The fourth-order valence-corrected chi connectivity index (χ4v) is 8.59. The van der Waals surface area contributed by atoms with E-state index in [0.29, 0.717) is 0 Å². The average molecular weight is 609 g/mol. The molecule has 0 aromatic heterocycles. The van der Waals surface area contributed by atoms with Gasteiger partial charge >= 0.3 is 0 Å². The van der Waals surface area contributed by atoms with E-state index in [0.717, 1.165) is 0 Å². The fourth-order valence-electron chi connectivity index (χ4n) is 8.59. The normalized spacial score (nSPS) is 13.0. The zero-order chi connectivity index (χ0) is 32.7. The van der Waals surface area contributed by atoms with Crippen LogP contribution in [0.15, 0.2) is 103 Å². The predicted molar refractivity (Wildman–Crippen MR) is 204 cm³/mol. The number of aryl methyl sites for hydroxylation is 8. The van der Waals surface area contributed by atoms with Crippen molar-refractivity contribution >= 4 is 57.2 Å². The Hall–Kier alpha value is -5.02. The van der Waals surface area contributed by atoms with Crippen molar-refractivity contribution in [1.29, 1.82) is 0 Å².